The van der Waals surface area contributed by atoms with Crippen molar-refractivity contribution in [3.05, 3.63) is 58.1 Å². The average Bonchev–Trinajstić information content (AvgIpc) is 2.72. The largest absolute Gasteiger partial charge is 0.352 e. The van der Waals surface area contributed by atoms with Gasteiger partial charge in [-0.1, -0.05) is 27.7 Å². The van der Waals surface area contributed by atoms with Gasteiger partial charge in [-0.2, -0.15) is 0 Å². The summed E-state index contributed by atoms with van der Waals surface area (Å²) < 4.78 is 25.4. The van der Waals surface area contributed by atoms with E-state index in [1.165, 1.54) is 32.4 Å². The molecule has 0 atom stereocenters. The van der Waals surface area contributed by atoms with E-state index in [9.17, 15) is 18.0 Å². The topological polar surface area (TPSA) is 105 Å². The number of sulfonamides is 1. The minimum Gasteiger partial charge on any atom is -0.352 e. The second-order valence-electron chi connectivity index (χ2n) is 6.16. The zero-order valence-corrected chi connectivity index (χ0v) is 18.6. The van der Waals surface area contributed by atoms with Crippen LogP contribution in [0.25, 0.3) is 0 Å². The molecule has 2 aromatic rings. The van der Waals surface area contributed by atoms with E-state index in [-0.39, 0.29) is 34.4 Å². The Kier molecular flexibility index (Phi) is 8.63. The van der Waals surface area contributed by atoms with Crippen LogP contribution in [0.1, 0.15) is 23.2 Å². The lowest BCUT2D eigenvalue weighted by Crippen LogP contribution is -2.28. The van der Waals surface area contributed by atoms with Crippen LogP contribution in [0.5, 0.6) is 0 Å². The summed E-state index contributed by atoms with van der Waals surface area (Å²) in [6.07, 6.45) is 0.595. The van der Waals surface area contributed by atoms with Crippen molar-refractivity contribution in [3.63, 3.8) is 0 Å². The lowest BCUT2D eigenvalue weighted by Gasteiger charge is -2.15. The highest BCUT2D eigenvalue weighted by atomic mass is 35.5. The molecule has 2 amide bonds. The van der Waals surface area contributed by atoms with E-state index in [4.69, 9.17) is 28.0 Å². The van der Waals surface area contributed by atoms with Gasteiger partial charge in [-0.05, 0) is 48.9 Å². The van der Waals surface area contributed by atoms with Crippen molar-refractivity contribution in [1.29, 1.82) is 0 Å². The van der Waals surface area contributed by atoms with E-state index in [0.717, 1.165) is 0 Å². The van der Waals surface area contributed by atoms with E-state index in [2.05, 4.69) is 10.6 Å². The highest BCUT2D eigenvalue weighted by molar-refractivity contribution is 7.89. The molecule has 0 aliphatic carbocycles. The van der Waals surface area contributed by atoms with Crippen molar-refractivity contribution in [2.75, 3.05) is 26.0 Å². The Labute approximate surface area is 185 Å². The first-order chi connectivity index (χ1) is 14.1. The molecule has 0 saturated carbocycles. The van der Waals surface area contributed by atoms with E-state index in [0.29, 0.717) is 21.6 Å². The van der Waals surface area contributed by atoms with Crippen LogP contribution in [0.15, 0.2) is 47.4 Å². The van der Waals surface area contributed by atoms with Crippen molar-refractivity contribution in [1.82, 2.24) is 9.79 Å². The van der Waals surface area contributed by atoms with Gasteiger partial charge < -0.3 is 10.6 Å². The molecule has 8 nitrogen and oxygen atoms in total. The van der Waals surface area contributed by atoms with Crippen molar-refractivity contribution < 1.29 is 22.8 Å². The maximum atomic E-state index is 12.4. The fraction of sp³-hybridized carbons (Fsp3) is 0.263. The number of benzene rings is 2. The minimum atomic E-state index is -4.01. The van der Waals surface area contributed by atoms with Crippen LogP contribution in [0, 0.1) is 0 Å². The first kappa shape index (κ1) is 24.1. The Balaban J connectivity index is 1.90. The third kappa shape index (κ3) is 6.41. The van der Waals surface area contributed by atoms with Crippen molar-refractivity contribution >= 4 is 50.7 Å². The molecule has 0 heterocycles. The molecule has 30 heavy (non-hydrogen) atoms. The van der Waals surface area contributed by atoms with Crippen LogP contribution in [0.4, 0.5) is 5.69 Å². The van der Waals surface area contributed by atoms with Gasteiger partial charge in [-0.15, -0.1) is 0 Å². The number of nitrogens with one attached hydrogen (secondary N) is 2. The van der Waals surface area contributed by atoms with Crippen molar-refractivity contribution in [3.8, 4) is 0 Å². The van der Waals surface area contributed by atoms with E-state index in [1.807, 2.05) is 0 Å². The van der Waals surface area contributed by atoms with Gasteiger partial charge in [0.15, 0.2) is 0 Å². The van der Waals surface area contributed by atoms with Gasteiger partial charge in [0.1, 0.15) is 4.90 Å². The SMILES string of the molecule is CON(C)S(=O)(=O)c1cc(C(=O)NCCCC(=O)Nc2ccc(Cl)cc2)ccc1Cl. The molecule has 2 aromatic carbocycles. The minimum absolute atomic E-state index is 0.0330. The van der Waals surface area contributed by atoms with E-state index < -0.39 is 15.9 Å². The predicted octanol–water partition coefficient (Wildman–Crippen LogP) is 3.32. The van der Waals surface area contributed by atoms with Crippen molar-refractivity contribution in [2.45, 2.75) is 17.7 Å². The van der Waals surface area contributed by atoms with Crippen LogP contribution in [0.3, 0.4) is 0 Å². The molecule has 11 heteroatoms. The molecule has 162 valence electrons. The predicted molar refractivity (Wildman–Crippen MR) is 115 cm³/mol. The number of hydrogen-bond donors (Lipinski definition) is 2. The zero-order chi connectivity index (χ0) is 22.3. The average molecular weight is 474 g/mol. The number of carbonyl (C=O) groups excluding carboxylic acids is 2. The van der Waals surface area contributed by atoms with Gasteiger partial charge >= 0.3 is 0 Å². The van der Waals surface area contributed by atoms with Crippen molar-refractivity contribution in [2.24, 2.45) is 0 Å². The van der Waals surface area contributed by atoms with Gasteiger partial charge in [0.25, 0.3) is 15.9 Å². The summed E-state index contributed by atoms with van der Waals surface area (Å²) in [5.74, 6) is -0.685. The van der Waals surface area contributed by atoms with Crippen LogP contribution in [0.2, 0.25) is 10.0 Å². The van der Waals surface area contributed by atoms with Crippen LogP contribution in [-0.2, 0) is 19.7 Å². The lowest BCUT2D eigenvalue weighted by atomic mass is 10.2. The lowest BCUT2D eigenvalue weighted by molar-refractivity contribution is -0.116. The molecule has 0 spiro atoms. The van der Waals surface area contributed by atoms with Gasteiger partial charge in [0, 0.05) is 36.3 Å². The Hall–Kier alpha value is -2.17. The molecule has 2 rings (SSSR count). The molecule has 0 fully saturated rings. The third-order valence-electron chi connectivity index (χ3n) is 4.06. The summed E-state index contributed by atoms with van der Waals surface area (Å²) in [5.41, 5.74) is 0.748. The standard InChI is InChI=1S/C19H21Cl2N3O5S/c1-24(29-2)30(27,28)17-12-13(5-10-16(17)21)19(26)22-11-3-4-18(25)23-15-8-6-14(20)7-9-15/h5-10,12H,3-4,11H2,1-2H3,(H,22,26)(H,23,25). The highest BCUT2D eigenvalue weighted by Gasteiger charge is 2.25. The summed E-state index contributed by atoms with van der Waals surface area (Å²) >= 11 is 11.8. The van der Waals surface area contributed by atoms with Crippen LogP contribution >= 0.6 is 23.2 Å². The maximum Gasteiger partial charge on any atom is 0.266 e. The molecule has 0 bridgehead atoms. The first-order valence-electron chi connectivity index (χ1n) is 8.81. The second-order valence-corrected chi connectivity index (χ2v) is 8.90. The zero-order valence-electron chi connectivity index (χ0n) is 16.3. The van der Waals surface area contributed by atoms with Gasteiger partial charge in [0.05, 0.1) is 12.1 Å². The third-order valence-corrected chi connectivity index (χ3v) is 6.47. The molecular weight excluding hydrogens is 453 g/mol. The summed E-state index contributed by atoms with van der Waals surface area (Å²) in [5, 5.41) is 5.91. The number of amides is 2. The van der Waals surface area contributed by atoms with Crippen LogP contribution < -0.4 is 10.6 Å². The number of nitrogens with zero attached hydrogens (tertiary/aromatic N) is 1. The van der Waals surface area contributed by atoms with E-state index in [1.54, 1.807) is 24.3 Å². The Morgan fingerprint density at radius 2 is 1.77 bits per heavy atom. The Morgan fingerprint density at radius 3 is 2.40 bits per heavy atom. The van der Waals surface area contributed by atoms with Gasteiger partial charge in [-0.25, -0.2) is 8.42 Å². The molecule has 2 N–H and O–H groups in total. The fourth-order valence-electron chi connectivity index (χ4n) is 2.39. The van der Waals surface area contributed by atoms with E-state index >= 15 is 0 Å². The monoisotopic (exact) mass is 473 g/mol. The molecule has 0 aliphatic rings. The number of hydroxylamine groups is 1. The van der Waals surface area contributed by atoms with Gasteiger partial charge in [0.2, 0.25) is 5.91 Å². The normalized spacial score (nSPS) is 11.4. The molecule has 0 unspecified atom stereocenters. The smallest absolute Gasteiger partial charge is 0.266 e. The molecular formula is C19H21Cl2N3O5S. The number of anilines is 1. The quantitative estimate of drug-likeness (QED) is 0.429. The summed E-state index contributed by atoms with van der Waals surface area (Å²) in [6, 6.07) is 10.6. The molecule has 0 saturated heterocycles. The number of hydrogen-bond acceptors (Lipinski definition) is 5. The highest BCUT2D eigenvalue weighted by Crippen LogP contribution is 2.25. The maximum absolute atomic E-state index is 12.4. The second kappa shape index (κ2) is 10.7. The van der Waals surface area contributed by atoms with Gasteiger partial charge in [-0.3, -0.25) is 14.4 Å². The molecule has 0 aromatic heterocycles. The summed E-state index contributed by atoms with van der Waals surface area (Å²) in [7, 11) is -1.59. The van der Waals surface area contributed by atoms with Crippen LogP contribution in [-0.4, -0.2) is 45.4 Å². The molecule has 0 aliphatic heterocycles. The Bertz CT molecular complexity index is 1010. The fourth-order valence-corrected chi connectivity index (χ4v) is 3.99. The first-order valence-corrected chi connectivity index (χ1v) is 11.0. The number of rotatable bonds is 9. The number of carbonyl (C=O) groups is 2. The summed E-state index contributed by atoms with van der Waals surface area (Å²) in [4.78, 5) is 28.7. The molecule has 0 radical (unpaired) electrons. The summed E-state index contributed by atoms with van der Waals surface area (Å²) in [6.45, 7) is 0.232. The Morgan fingerprint density at radius 1 is 1.10 bits per heavy atom. The number of halogens is 2.